The van der Waals surface area contributed by atoms with Gasteiger partial charge in [0.15, 0.2) is 23.0 Å². The molecule has 10 heteroatoms. The number of phenols is 2. The summed E-state index contributed by atoms with van der Waals surface area (Å²) in [5.41, 5.74) is 1.77. The van der Waals surface area contributed by atoms with Crippen molar-refractivity contribution in [3.05, 3.63) is 47.5 Å². The molecule has 2 saturated heterocycles. The number of ether oxygens (including phenoxy) is 4. The molecule has 0 bridgehead atoms. The highest BCUT2D eigenvalue weighted by Crippen LogP contribution is 2.28. The fourth-order valence-corrected chi connectivity index (χ4v) is 4.14. The number of morpholine rings is 2. The number of aromatic hydroxyl groups is 2. The van der Waals surface area contributed by atoms with Crippen molar-refractivity contribution in [3.8, 4) is 23.0 Å². The van der Waals surface area contributed by atoms with Gasteiger partial charge in [0.05, 0.1) is 40.6 Å². The number of phenolic OH excluding ortho intramolecular Hbond substituents is 2. The summed E-state index contributed by atoms with van der Waals surface area (Å²) < 4.78 is 20.7. The minimum absolute atomic E-state index is 0.126. The summed E-state index contributed by atoms with van der Waals surface area (Å²) in [4.78, 5) is 5.74. The third-order valence-electron chi connectivity index (χ3n) is 5.45. The monoisotopic (exact) mass is 506 g/mol. The van der Waals surface area contributed by atoms with Crippen LogP contribution >= 0.6 is 24.4 Å². The Labute approximate surface area is 210 Å². The Kier molecular flexibility index (Phi) is 9.70. The maximum Gasteiger partial charge on any atom is 0.161 e. The summed E-state index contributed by atoms with van der Waals surface area (Å²) in [7, 11) is 3.05. The van der Waals surface area contributed by atoms with Gasteiger partial charge in [-0.2, -0.15) is 0 Å². The number of hydrogen-bond donors (Lipinski definition) is 2. The van der Waals surface area contributed by atoms with Crippen LogP contribution in [0.2, 0.25) is 0 Å². The fourth-order valence-electron chi connectivity index (χ4n) is 3.52. The van der Waals surface area contributed by atoms with Gasteiger partial charge >= 0.3 is 0 Å². The number of hydrogen-bond acceptors (Lipinski definition) is 8. The van der Waals surface area contributed by atoms with Crippen LogP contribution in [0, 0.1) is 0 Å². The molecule has 2 N–H and O–H groups in total. The second kappa shape index (κ2) is 12.7. The second-order valence-electron chi connectivity index (χ2n) is 7.58. The first-order valence-corrected chi connectivity index (χ1v) is 11.7. The highest BCUT2D eigenvalue weighted by atomic mass is 32.1. The van der Waals surface area contributed by atoms with Gasteiger partial charge in [0.25, 0.3) is 0 Å². The third kappa shape index (κ3) is 6.69. The van der Waals surface area contributed by atoms with Gasteiger partial charge in [0.2, 0.25) is 0 Å². The average Bonchev–Trinajstić information content (AvgIpc) is 2.90. The average molecular weight is 507 g/mol. The molecule has 0 unspecified atom stereocenters. The minimum Gasteiger partial charge on any atom is -0.504 e. The summed E-state index contributed by atoms with van der Waals surface area (Å²) in [6.45, 7) is 6.05. The Hall–Kier alpha value is -2.66. The highest BCUT2D eigenvalue weighted by Gasteiger charge is 2.17. The molecular formula is C24H30N2O6S2. The van der Waals surface area contributed by atoms with Crippen LogP contribution < -0.4 is 9.47 Å². The van der Waals surface area contributed by atoms with Gasteiger partial charge in [-0.05, 0) is 36.4 Å². The molecular weight excluding hydrogens is 476 g/mol. The predicted octanol–water partition coefficient (Wildman–Crippen LogP) is 2.82. The van der Waals surface area contributed by atoms with Gasteiger partial charge in [-0.1, -0.05) is 24.4 Å². The van der Waals surface area contributed by atoms with Gasteiger partial charge in [-0.3, -0.25) is 0 Å². The normalized spacial score (nSPS) is 15.7. The van der Waals surface area contributed by atoms with Crippen LogP contribution in [0.3, 0.4) is 0 Å². The number of methoxy groups -OCH3 is 2. The molecule has 4 rings (SSSR count). The van der Waals surface area contributed by atoms with Crippen LogP contribution in [0.1, 0.15) is 11.1 Å². The summed E-state index contributed by atoms with van der Waals surface area (Å²) >= 11 is 10.8. The van der Waals surface area contributed by atoms with E-state index in [0.717, 1.165) is 47.3 Å². The topological polar surface area (TPSA) is 83.9 Å². The van der Waals surface area contributed by atoms with Gasteiger partial charge < -0.3 is 39.0 Å². The lowest BCUT2D eigenvalue weighted by molar-refractivity contribution is 0.0692. The van der Waals surface area contributed by atoms with Crippen LogP contribution in [0.5, 0.6) is 23.0 Å². The lowest BCUT2D eigenvalue weighted by atomic mass is 10.2. The summed E-state index contributed by atoms with van der Waals surface area (Å²) in [6, 6.07) is 10.3. The van der Waals surface area contributed by atoms with E-state index in [4.69, 9.17) is 43.4 Å². The Morgan fingerprint density at radius 1 is 0.706 bits per heavy atom. The Bertz CT molecular complexity index is 912. The van der Waals surface area contributed by atoms with E-state index in [9.17, 15) is 10.2 Å². The maximum atomic E-state index is 9.53. The number of nitrogens with zero attached hydrogens (tertiary/aromatic N) is 2. The maximum absolute atomic E-state index is 9.53. The van der Waals surface area contributed by atoms with Crippen molar-refractivity contribution in [1.29, 1.82) is 0 Å². The molecule has 2 fully saturated rings. The Balaban J connectivity index is 0.000000191. The zero-order valence-corrected chi connectivity index (χ0v) is 21.0. The van der Waals surface area contributed by atoms with Crippen LogP contribution in [0.25, 0.3) is 0 Å². The van der Waals surface area contributed by atoms with Crippen molar-refractivity contribution in [2.75, 3.05) is 66.8 Å². The van der Waals surface area contributed by atoms with E-state index in [1.807, 2.05) is 0 Å². The molecule has 2 aliphatic rings. The lowest BCUT2D eigenvalue weighted by Crippen LogP contribution is -2.40. The first-order chi connectivity index (χ1) is 16.4. The van der Waals surface area contributed by atoms with E-state index < -0.39 is 0 Å². The minimum atomic E-state index is 0.126. The molecule has 0 spiro atoms. The quantitative estimate of drug-likeness (QED) is 0.604. The molecule has 8 nitrogen and oxygen atoms in total. The lowest BCUT2D eigenvalue weighted by Gasteiger charge is -2.29. The van der Waals surface area contributed by atoms with Crippen molar-refractivity contribution < 1.29 is 29.2 Å². The Morgan fingerprint density at radius 3 is 1.38 bits per heavy atom. The summed E-state index contributed by atoms with van der Waals surface area (Å²) in [5, 5.41) is 19.1. The van der Waals surface area contributed by atoms with E-state index in [2.05, 4.69) is 9.80 Å². The molecule has 0 amide bonds. The molecule has 0 radical (unpaired) electrons. The molecule has 0 saturated carbocycles. The molecule has 2 aliphatic heterocycles. The Morgan fingerprint density at radius 2 is 1.06 bits per heavy atom. The van der Waals surface area contributed by atoms with Crippen LogP contribution in [0.15, 0.2) is 36.4 Å². The van der Waals surface area contributed by atoms with Crippen molar-refractivity contribution in [1.82, 2.24) is 9.80 Å². The molecule has 2 aromatic carbocycles. The standard InChI is InChI=1S/2C12H15NO3S/c2*1-15-11-8-9(2-3-10(11)14)12(17)13-4-6-16-7-5-13/h2*2-3,8,14H,4-7H2,1H3. The molecule has 2 heterocycles. The van der Waals surface area contributed by atoms with Crippen LogP contribution in [-0.4, -0.2) is 96.8 Å². The van der Waals surface area contributed by atoms with Gasteiger partial charge in [0, 0.05) is 37.3 Å². The fraction of sp³-hybridized carbons (Fsp3) is 0.417. The third-order valence-corrected chi connectivity index (χ3v) is 6.44. The van der Waals surface area contributed by atoms with Crippen molar-refractivity contribution in [3.63, 3.8) is 0 Å². The van der Waals surface area contributed by atoms with Crippen molar-refractivity contribution in [2.45, 2.75) is 0 Å². The summed E-state index contributed by atoms with van der Waals surface area (Å²) in [6.07, 6.45) is 0. The number of benzene rings is 2. The first-order valence-electron chi connectivity index (χ1n) is 10.9. The van der Waals surface area contributed by atoms with E-state index in [1.165, 1.54) is 14.2 Å². The van der Waals surface area contributed by atoms with E-state index in [-0.39, 0.29) is 11.5 Å². The number of thiocarbonyl (C=S) groups is 2. The largest absolute Gasteiger partial charge is 0.504 e. The predicted molar refractivity (Wildman–Crippen MR) is 138 cm³/mol. The zero-order chi connectivity index (χ0) is 24.5. The van der Waals surface area contributed by atoms with Crippen molar-refractivity contribution in [2.24, 2.45) is 0 Å². The SMILES string of the molecule is COc1cc(C(=S)N2CCOCC2)ccc1O.COc1cc(C(=S)N2CCOCC2)ccc1O. The molecule has 0 aromatic heterocycles. The smallest absolute Gasteiger partial charge is 0.161 e. The molecule has 0 atom stereocenters. The van der Waals surface area contributed by atoms with Gasteiger partial charge in [0.1, 0.15) is 9.98 Å². The van der Waals surface area contributed by atoms with Gasteiger partial charge in [-0.15, -0.1) is 0 Å². The molecule has 184 valence electrons. The highest BCUT2D eigenvalue weighted by molar-refractivity contribution is 7.80. The number of rotatable bonds is 4. The molecule has 2 aromatic rings. The second-order valence-corrected chi connectivity index (χ2v) is 8.36. The van der Waals surface area contributed by atoms with E-state index in [1.54, 1.807) is 36.4 Å². The molecule has 0 aliphatic carbocycles. The van der Waals surface area contributed by atoms with Crippen LogP contribution in [0.4, 0.5) is 0 Å². The van der Waals surface area contributed by atoms with E-state index in [0.29, 0.717) is 37.9 Å². The first kappa shape index (κ1) is 26.0. The summed E-state index contributed by atoms with van der Waals surface area (Å²) in [5.74, 6) is 1.14. The van der Waals surface area contributed by atoms with Crippen molar-refractivity contribution >= 4 is 34.4 Å². The zero-order valence-electron chi connectivity index (χ0n) is 19.4. The van der Waals surface area contributed by atoms with Gasteiger partial charge in [-0.25, -0.2) is 0 Å². The van der Waals surface area contributed by atoms with Crippen LogP contribution in [-0.2, 0) is 9.47 Å². The van der Waals surface area contributed by atoms with E-state index >= 15 is 0 Å². The molecule has 34 heavy (non-hydrogen) atoms.